The van der Waals surface area contributed by atoms with Gasteiger partial charge in [0, 0.05) is 18.6 Å². The first-order valence-corrected chi connectivity index (χ1v) is 7.87. The molecule has 0 saturated heterocycles. The molecule has 0 aromatic heterocycles. The van der Waals surface area contributed by atoms with Gasteiger partial charge in [-0.1, -0.05) is 33.6 Å². The summed E-state index contributed by atoms with van der Waals surface area (Å²) in [7, 11) is 2.28. The summed E-state index contributed by atoms with van der Waals surface area (Å²) in [5, 5.41) is 0. The molecule has 108 valence electrons. The quantitative estimate of drug-likeness (QED) is 0.786. The van der Waals surface area contributed by atoms with E-state index >= 15 is 0 Å². The molecule has 2 nitrogen and oxygen atoms in total. The molecule has 4 unspecified atom stereocenters. The average molecular weight is 254 g/mol. The Kier molecular flexibility index (Phi) is 6.65. The van der Waals surface area contributed by atoms with Crippen molar-refractivity contribution in [3.05, 3.63) is 0 Å². The highest BCUT2D eigenvalue weighted by Crippen LogP contribution is 2.33. The number of rotatable bonds is 6. The molecule has 0 spiro atoms. The first kappa shape index (κ1) is 16.0. The predicted octanol–water partition coefficient (Wildman–Crippen LogP) is 3.51. The lowest BCUT2D eigenvalue weighted by molar-refractivity contribution is 0.0917. The smallest absolute Gasteiger partial charge is 0.0246 e. The Morgan fingerprint density at radius 1 is 1.22 bits per heavy atom. The van der Waals surface area contributed by atoms with Gasteiger partial charge in [-0.25, -0.2) is 0 Å². The maximum atomic E-state index is 6.08. The van der Waals surface area contributed by atoms with Gasteiger partial charge in [0.15, 0.2) is 0 Å². The fourth-order valence-electron chi connectivity index (χ4n) is 3.70. The summed E-state index contributed by atoms with van der Waals surface area (Å²) in [5.41, 5.74) is 6.08. The van der Waals surface area contributed by atoms with Gasteiger partial charge in [-0.05, 0) is 51.0 Å². The van der Waals surface area contributed by atoms with Crippen molar-refractivity contribution in [2.24, 2.45) is 23.5 Å². The largest absolute Gasteiger partial charge is 0.329 e. The first-order chi connectivity index (χ1) is 8.45. The Morgan fingerprint density at radius 2 is 1.89 bits per heavy atom. The minimum absolute atomic E-state index is 0.585. The fraction of sp³-hybridized carbons (Fsp3) is 1.00. The van der Waals surface area contributed by atoms with Crippen LogP contribution in [-0.2, 0) is 0 Å². The van der Waals surface area contributed by atoms with Crippen LogP contribution in [0.2, 0.25) is 0 Å². The van der Waals surface area contributed by atoms with Crippen molar-refractivity contribution in [2.75, 3.05) is 13.6 Å². The standard InChI is InChI=1S/C16H34N2/c1-12(2)9-14(4)18(5)16(11-17)15-8-6-7-13(3)10-15/h12-16H,6-11,17H2,1-5H3. The number of nitrogens with zero attached hydrogens (tertiary/aromatic N) is 1. The van der Waals surface area contributed by atoms with E-state index in [9.17, 15) is 0 Å². The monoisotopic (exact) mass is 254 g/mol. The van der Waals surface area contributed by atoms with Gasteiger partial charge >= 0.3 is 0 Å². The van der Waals surface area contributed by atoms with Gasteiger partial charge in [-0.2, -0.15) is 0 Å². The zero-order chi connectivity index (χ0) is 13.7. The van der Waals surface area contributed by atoms with Crippen LogP contribution in [0.15, 0.2) is 0 Å². The van der Waals surface area contributed by atoms with Crippen LogP contribution >= 0.6 is 0 Å². The molecular formula is C16H34N2. The summed E-state index contributed by atoms with van der Waals surface area (Å²) in [5.74, 6) is 2.48. The molecule has 18 heavy (non-hydrogen) atoms. The molecule has 2 heteroatoms. The summed E-state index contributed by atoms with van der Waals surface area (Å²) in [6.07, 6.45) is 6.84. The van der Waals surface area contributed by atoms with Gasteiger partial charge in [0.25, 0.3) is 0 Å². The zero-order valence-electron chi connectivity index (χ0n) is 13.2. The molecule has 0 aliphatic heterocycles. The Bertz CT molecular complexity index is 227. The van der Waals surface area contributed by atoms with Crippen LogP contribution in [-0.4, -0.2) is 30.6 Å². The van der Waals surface area contributed by atoms with Gasteiger partial charge in [0.2, 0.25) is 0 Å². The van der Waals surface area contributed by atoms with Crippen molar-refractivity contribution in [1.29, 1.82) is 0 Å². The third-order valence-electron chi connectivity index (χ3n) is 4.79. The Morgan fingerprint density at radius 3 is 2.39 bits per heavy atom. The summed E-state index contributed by atoms with van der Waals surface area (Å²) >= 11 is 0. The van der Waals surface area contributed by atoms with Crippen molar-refractivity contribution in [2.45, 2.75) is 71.9 Å². The number of nitrogens with two attached hydrogens (primary N) is 1. The molecule has 4 atom stereocenters. The molecule has 1 fully saturated rings. The van der Waals surface area contributed by atoms with Crippen molar-refractivity contribution < 1.29 is 0 Å². The van der Waals surface area contributed by atoms with E-state index in [0.29, 0.717) is 12.1 Å². The molecule has 1 aliphatic carbocycles. The fourth-order valence-corrected chi connectivity index (χ4v) is 3.70. The zero-order valence-corrected chi connectivity index (χ0v) is 13.2. The number of likely N-dealkylation sites (N-methyl/N-ethyl adjacent to an activating group) is 1. The lowest BCUT2D eigenvalue weighted by Crippen LogP contribution is -2.48. The molecule has 1 aliphatic rings. The molecule has 1 rings (SSSR count). The molecule has 0 amide bonds. The minimum atomic E-state index is 0.585. The lowest BCUT2D eigenvalue weighted by Gasteiger charge is -2.41. The van der Waals surface area contributed by atoms with Crippen LogP contribution in [0, 0.1) is 17.8 Å². The second-order valence-corrected chi connectivity index (χ2v) is 6.98. The molecule has 0 bridgehead atoms. The van der Waals surface area contributed by atoms with Crippen LogP contribution in [0.25, 0.3) is 0 Å². The van der Waals surface area contributed by atoms with E-state index in [1.807, 2.05) is 0 Å². The second-order valence-electron chi connectivity index (χ2n) is 6.98. The summed E-state index contributed by atoms with van der Waals surface area (Å²) in [6, 6.07) is 1.23. The summed E-state index contributed by atoms with van der Waals surface area (Å²) in [4.78, 5) is 2.56. The SMILES string of the molecule is CC(C)CC(C)N(C)C(CN)C1CCCC(C)C1. The third-order valence-corrected chi connectivity index (χ3v) is 4.79. The van der Waals surface area contributed by atoms with Gasteiger partial charge in [0.1, 0.15) is 0 Å². The normalized spacial score (nSPS) is 28.7. The van der Waals surface area contributed by atoms with Crippen molar-refractivity contribution in [1.82, 2.24) is 4.90 Å². The van der Waals surface area contributed by atoms with Crippen LogP contribution in [0.1, 0.15) is 59.8 Å². The summed E-state index contributed by atoms with van der Waals surface area (Å²) < 4.78 is 0. The molecule has 1 saturated carbocycles. The van der Waals surface area contributed by atoms with E-state index in [1.54, 1.807) is 0 Å². The molecule has 0 heterocycles. The van der Waals surface area contributed by atoms with Crippen molar-refractivity contribution in [3.8, 4) is 0 Å². The van der Waals surface area contributed by atoms with E-state index in [0.717, 1.165) is 24.3 Å². The van der Waals surface area contributed by atoms with E-state index < -0.39 is 0 Å². The molecule has 0 aromatic rings. The van der Waals surface area contributed by atoms with E-state index in [-0.39, 0.29) is 0 Å². The van der Waals surface area contributed by atoms with Gasteiger partial charge in [-0.3, -0.25) is 4.90 Å². The Balaban J connectivity index is 2.58. The minimum Gasteiger partial charge on any atom is -0.329 e. The molecule has 2 N–H and O–H groups in total. The number of hydrogen-bond acceptors (Lipinski definition) is 2. The van der Waals surface area contributed by atoms with E-state index in [2.05, 4.69) is 39.6 Å². The number of hydrogen-bond donors (Lipinski definition) is 1. The van der Waals surface area contributed by atoms with E-state index in [1.165, 1.54) is 32.1 Å². The van der Waals surface area contributed by atoms with Crippen LogP contribution in [0.3, 0.4) is 0 Å². The lowest BCUT2D eigenvalue weighted by atomic mass is 9.78. The van der Waals surface area contributed by atoms with Gasteiger partial charge in [0.05, 0.1) is 0 Å². The Hall–Kier alpha value is -0.0800. The summed E-state index contributed by atoms with van der Waals surface area (Å²) in [6.45, 7) is 10.2. The molecule has 0 aromatic carbocycles. The highest BCUT2D eigenvalue weighted by atomic mass is 15.2. The molecular weight excluding hydrogens is 220 g/mol. The Labute approximate surface area is 114 Å². The van der Waals surface area contributed by atoms with Crippen LogP contribution < -0.4 is 5.73 Å². The topological polar surface area (TPSA) is 29.3 Å². The average Bonchev–Trinajstić information content (AvgIpc) is 2.29. The van der Waals surface area contributed by atoms with Gasteiger partial charge in [-0.15, -0.1) is 0 Å². The predicted molar refractivity (Wildman–Crippen MR) is 80.6 cm³/mol. The highest BCUT2D eigenvalue weighted by Gasteiger charge is 2.30. The highest BCUT2D eigenvalue weighted by molar-refractivity contribution is 4.85. The maximum absolute atomic E-state index is 6.08. The maximum Gasteiger partial charge on any atom is 0.0246 e. The molecule has 0 radical (unpaired) electrons. The third kappa shape index (κ3) is 4.55. The van der Waals surface area contributed by atoms with Crippen LogP contribution in [0.5, 0.6) is 0 Å². The first-order valence-electron chi connectivity index (χ1n) is 7.87. The van der Waals surface area contributed by atoms with Crippen molar-refractivity contribution >= 4 is 0 Å². The van der Waals surface area contributed by atoms with Crippen LogP contribution in [0.4, 0.5) is 0 Å². The second kappa shape index (κ2) is 7.49. The van der Waals surface area contributed by atoms with Crippen molar-refractivity contribution in [3.63, 3.8) is 0 Å². The van der Waals surface area contributed by atoms with Gasteiger partial charge < -0.3 is 5.73 Å². The van der Waals surface area contributed by atoms with E-state index in [4.69, 9.17) is 5.73 Å².